The Hall–Kier alpha value is -3.91. The highest BCUT2D eigenvalue weighted by molar-refractivity contribution is 6.30. The molecule has 8 nitrogen and oxygen atoms in total. The fourth-order valence-corrected chi connectivity index (χ4v) is 4.42. The Balaban J connectivity index is 1.92. The number of ether oxygens (including phenoxy) is 2. The largest absolute Gasteiger partial charge is 0.495 e. The van der Waals surface area contributed by atoms with Crippen LogP contribution in [0.2, 0.25) is 5.02 Å². The first-order valence-electron chi connectivity index (χ1n) is 11.1. The maximum absolute atomic E-state index is 13.9. The molecule has 2 heterocycles. The van der Waals surface area contributed by atoms with Gasteiger partial charge >= 0.3 is 11.7 Å². The molecule has 0 bridgehead atoms. The quantitative estimate of drug-likeness (QED) is 0.379. The molecule has 2 aromatic carbocycles. The van der Waals surface area contributed by atoms with Crippen LogP contribution in [0, 0.1) is 0 Å². The molecule has 1 aliphatic rings. The van der Waals surface area contributed by atoms with Crippen LogP contribution in [0.5, 0.6) is 5.75 Å². The number of nitrogens with zero attached hydrogens (tertiary/aromatic N) is 3. The van der Waals surface area contributed by atoms with Gasteiger partial charge in [0.25, 0.3) is 5.56 Å². The Bertz CT molecular complexity index is 1590. The van der Waals surface area contributed by atoms with Gasteiger partial charge in [0.05, 0.1) is 37.4 Å². The van der Waals surface area contributed by atoms with E-state index in [1.54, 1.807) is 54.6 Å². The molecule has 0 spiro atoms. The van der Waals surface area contributed by atoms with Gasteiger partial charge in [-0.2, -0.15) is 0 Å². The van der Waals surface area contributed by atoms with Crippen LogP contribution < -0.4 is 16.0 Å². The number of carbonyl (C=O) groups excluding carboxylic acids is 1. The highest BCUT2D eigenvalue weighted by Crippen LogP contribution is 2.40. The molecule has 5 rings (SSSR count). The lowest BCUT2D eigenvalue weighted by atomic mass is 10.1. The maximum Gasteiger partial charge on any atom is 0.338 e. The predicted molar refractivity (Wildman–Crippen MR) is 132 cm³/mol. The van der Waals surface area contributed by atoms with Crippen molar-refractivity contribution in [3.05, 3.63) is 97.3 Å². The van der Waals surface area contributed by atoms with Gasteiger partial charge in [0, 0.05) is 16.6 Å². The molecule has 0 saturated heterocycles. The number of hydrogen-bond donors (Lipinski definition) is 0. The number of fused-ring (bicyclic) bond motifs is 1. The van der Waals surface area contributed by atoms with Gasteiger partial charge in [0.15, 0.2) is 5.65 Å². The number of esters is 1. The van der Waals surface area contributed by atoms with Gasteiger partial charge in [0.1, 0.15) is 5.75 Å². The lowest BCUT2D eigenvalue weighted by Gasteiger charge is -2.18. The lowest BCUT2D eigenvalue weighted by Crippen LogP contribution is -2.41. The molecule has 9 heteroatoms. The SMILES string of the molecule is COC(=O)c1cc(C2CC2)nc2c1c(=O)n(Cc1cccc(Cl)c1)c(=O)n2-c1ccccc1OC. The van der Waals surface area contributed by atoms with Gasteiger partial charge in [-0.15, -0.1) is 0 Å². The van der Waals surface area contributed by atoms with Gasteiger partial charge in [0.2, 0.25) is 0 Å². The third-order valence-corrected chi connectivity index (χ3v) is 6.31. The second-order valence-electron chi connectivity index (χ2n) is 8.37. The van der Waals surface area contributed by atoms with Crippen LogP contribution in [0.3, 0.4) is 0 Å². The second kappa shape index (κ2) is 9.03. The molecule has 0 unspecified atom stereocenters. The van der Waals surface area contributed by atoms with Crippen molar-refractivity contribution < 1.29 is 14.3 Å². The van der Waals surface area contributed by atoms with E-state index in [0.717, 1.165) is 17.4 Å². The zero-order chi connectivity index (χ0) is 24.7. The van der Waals surface area contributed by atoms with Crippen LogP contribution >= 0.6 is 11.6 Å². The molecule has 0 aliphatic heterocycles. The molecule has 0 amide bonds. The fourth-order valence-electron chi connectivity index (χ4n) is 4.20. The number of para-hydroxylation sites is 2. The van der Waals surface area contributed by atoms with Crippen molar-refractivity contribution in [2.24, 2.45) is 0 Å². The Morgan fingerprint density at radius 2 is 1.86 bits per heavy atom. The standard InChI is InChI=1S/C26H22ClN3O5/c1-34-21-9-4-3-8-20(21)30-23-22(18(25(32)35-2)13-19(28-23)16-10-11-16)24(31)29(26(30)33)14-15-6-5-7-17(27)12-15/h3-9,12-13,16H,10-11,14H2,1-2H3. The number of methoxy groups -OCH3 is 2. The summed E-state index contributed by atoms with van der Waals surface area (Å²) in [5, 5.41) is 0.487. The third kappa shape index (κ3) is 4.10. The smallest absolute Gasteiger partial charge is 0.338 e. The molecule has 0 N–H and O–H groups in total. The maximum atomic E-state index is 13.9. The van der Waals surface area contributed by atoms with E-state index in [4.69, 9.17) is 26.1 Å². The first kappa shape index (κ1) is 22.9. The van der Waals surface area contributed by atoms with Crippen LogP contribution in [0.4, 0.5) is 0 Å². The second-order valence-corrected chi connectivity index (χ2v) is 8.81. The Morgan fingerprint density at radius 1 is 1.09 bits per heavy atom. The number of halogens is 1. The van der Waals surface area contributed by atoms with Gasteiger partial charge in [-0.1, -0.05) is 35.9 Å². The van der Waals surface area contributed by atoms with Gasteiger partial charge in [-0.05, 0) is 48.7 Å². The number of pyridine rings is 1. The van der Waals surface area contributed by atoms with Crippen LogP contribution in [-0.4, -0.2) is 34.3 Å². The zero-order valence-corrected chi connectivity index (χ0v) is 19.9. The summed E-state index contributed by atoms with van der Waals surface area (Å²) < 4.78 is 12.9. The van der Waals surface area contributed by atoms with Gasteiger partial charge in [-0.25, -0.2) is 19.1 Å². The molecule has 2 aromatic heterocycles. The third-order valence-electron chi connectivity index (χ3n) is 6.07. The minimum Gasteiger partial charge on any atom is -0.495 e. The van der Waals surface area contributed by atoms with E-state index in [1.807, 2.05) is 0 Å². The number of aromatic nitrogens is 3. The predicted octanol–water partition coefficient (Wildman–Crippen LogP) is 3.92. The van der Waals surface area contributed by atoms with Crippen molar-refractivity contribution in [1.82, 2.24) is 14.1 Å². The summed E-state index contributed by atoms with van der Waals surface area (Å²) in [6.45, 7) is -0.0473. The van der Waals surface area contributed by atoms with Crippen LogP contribution in [0.15, 0.2) is 64.2 Å². The average molecular weight is 492 g/mol. The highest BCUT2D eigenvalue weighted by atomic mass is 35.5. The van der Waals surface area contributed by atoms with E-state index >= 15 is 0 Å². The molecule has 178 valence electrons. The molecular weight excluding hydrogens is 470 g/mol. The first-order chi connectivity index (χ1) is 16.9. The minimum atomic E-state index is -0.670. The Kier molecular flexibility index (Phi) is 5.90. The van der Waals surface area contributed by atoms with E-state index < -0.39 is 17.2 Å². The van der Waals surface area contributed by atoms with E-state index in [2.05, 4.69) is 0 Å². The summed E-state index contributed by atoms with van der Waals surface area (Å²) in [6.07, 6.45) is 1.84. The van der Waals surface area contributed by atoms with Crippen molar-refractivity contribution in [2.75, 3.05) is 14.2 Å². The molecule has 0 radical (unpaired) electrons. The number of carbonyl (C=O) groups is 1. The molecule has 0 atom stereocenters. The lowest BCUT2D eigenvalue weighted by molar-refractivity contribution is 0.0602. The van der Waals surface area contributed by atoms with Crippen LogP contribution in [0.25, 0.3) is 16.7 Å². The van der Waals surface area contributed by atoms with Crippen molar-refractivity contribution >= 4 is 28.6 Å². The average Bonchev–Trinajstić information content (AvgIpc) is 3.71. The van der Waals surface area contributed by atoms with Crippen molar-refractivity contribution in [2.45, 2.75) is 25.3 Å². The summed E-state index contributed by atoms with van der Waals surface area (Å²) in [6, 6.07) is 15.5. The summed E-state index contributed by atoms with van der Waals surface area (Å²) >= 11 is 6.13. The number of hydrogen-bond acceptors (Lipinski definition) is 6. The summed E-state index contributed by atoms with van der Waals surface area (Å²) in [7, 11) is 2.75. The summed E-state index contributed by atoms with van der Waals surface area (Å²) in [5.41, 5.74) is 0.637. The van der Waals surface area contributed by atoms with Crippen molar-refractivity contribution in [1.29, 1.82) is 0 Å². The fraction of sp³-hybridized carbons (Fsp3) is 0.231. The minimum absolute atomic E-state index is 0.00813. The molecule has 35 heavy (non-hydrogen) atoms. The zero-order valence-electron chi connectivity index (χ0n) is 19.2. The number of rotatable bonds is 6. The van der Waals surface area contributed by atoms with Crippen molar-refractivity contribution in [3.8, 4) is 11.4 Å². The number of benzene rings is 2. The summed E-state index contributed by atoms with van der Waals surface area (Å²) in [4.78, 5) is 45.2. The molecule has 1 saturated carbocycles. The van der Waals surface area contributed by atoms with Crippen molar-refractivity contribution in [3.63, 3.8) is 0 Å². The summed E-state index contributed by atoms with van der Waals surface area (Å²) in [5.74, 6) is -0.0871. The molecule has 4 aromatic rings. The van der Waals surface area contributed by atoms with E-state index in [0.29, 0.717) is 27.7 Å². The highest BCUT2D eigenvalue weighted by Gasteiger charge is 2.30. The van der Waals surface area contributed by atoms with E-state index in [1.165, 1.54) is 18.8 Å². The topological polar surface area (TPSA) is 92.4 Å². The van der Waals surface area contributed by atoms with E-state index in [9.17, 15) is 14.4 Å². The molecule has 1 aliphatic carbocycles. The Morgan fingerprint density at radius 3 is 2.54 bits per heavy atom. The molecule has 1 fully saturated rings. The first-order valence-corrected chi connectivity index (χ1v) is 11.5. The monoisotopic (exact) mass is 491 g/mol. The van der Waals surface area contributed by atoms with Crippen LogP contribution in [0.1, 0.15) is 40.4 Å². The van der Waals surface area contributed by atoms with Crippen LogP contribution in [-0.2, 0) is 11.3 Å². The Labute approximate surface area is 205 Å². The molecular formula is C26H22ClN3O5. The normalized spacial score (nSPS) is 13.1. The van der Waals surface area contributed by atoms with Gasteiger partial charge < -0.3 is 9.47 Å². The van der Waals surface area contributed by atoms with E-state index in [-0.39, 0.29) is 29.1 Å². The van der Waals surface area contributed by atoms with Gasteiger partial charge in [-0.3, -0.25) is 9.36 Å².